The number of hydrogen-bond donors (Lipinski definition) is 1. The van der Waals surface area contributed by atoms with Gasteiger partial charge in [-0.3, -0.25) is 9.10 Å². The number of thioether (sulfide) groups is 1. The summed E-state index contributed by atoms with van der Waals surface area (Å²) in [5.74, 6) is 0.370. The first-order chi connectivity index (χ1) is 18.1. The predicted octanol–water partition coefficient (Wildman–Crippen LogP) is 7.39. The third kappa shape index (κ3) is 6.78. The number of halogens is 1. The standard InChI is InChI=1S/C30H29ClN2O3S2/c1-21-9-13-26(18-22(21)2)33(38(35,36)28-14-11-25(31)12-15-28)19-30(34)32-29-16-10-24(17-23(29)3)20-37-27-7-5-4-6-8-27/h4-18H,19-20H2,1-3H3,(H,32,34). The lowest BCUT2D eigenvalue weighted by Gasteiger charge is -2.25. The number of aryl methyl sites for hydroxylation is 3. The highest BCUT2D eigenvalue weighted by atomic mass is 35.5. The Kier molecular flexibility index (Phi) is 8.82. The van der Waals surface area contributed by atoms with E-state index in [1.807, 2.05) is 63.2 Å². The fraction of sp³-hybridized carbons (Fsp3) is 0.167. The lowest BCUT2D eigenvalue weighted by molar-refractivity contribution is -0.114. The van der Waals surface area contributed by atoms with Gasteiger partial charge >= 0.3 is 0 Å². The van der Waals surface area contributed by atoms with E-state index in [9.17, 15) is 13.2 Å². The van der Waals surface area contributed by atoms with Gasteiger partial charge in [-0.2, -0.15) is 0 Å². The van der Waals surface area contributed by atoms with E-state index in [4.69, 9.17) is 11.6 Å². The molecule has 4 rings (SSSR count). The van der Waals surface area contributed by atoms with Gasteiger partial charge in [0.05, 0.1) is 10.6 Å². The average molecular weight is 565 g/mol. The number of carbonyl (C=O) groups excluding carboxylic acids is 1. The molecule has 0 unspecified atom stereocenters. The third-order valence-corrected chi connectivity index (χ3v) is 9.30. The van der Waals surface area contributed by atoms with Crippen LogP contribution < -0.4 is 9.62 Å². The maximum absolute atomic E-state index is 13.6. The van der Waals surface area contributed by atoms with Crippen molar-refractivity contribution < 1.29 is 13.2 Å². The van der Waals surface area contributed by atoms with E-state index in [2.05, 4.69) is 17.4 Å². The normalized spacial score (nSPS) is 11.3. The molecule has 4 aromatic carbocycles. The molecule has 0 radical (unpaired) electrons. The lowest BCUT2D eigenvalue weighted by Crippen LogP contribution is -2.38. The van der Waals surface area contributed by atoms with Crippen LogP contribution in [0.4, 0.5) is 11.4 Å². The fourth-order valence-electron chi connectivity index (χ4n) is 3.89. The largest absolute Gasteiger partial charge is 0.324 e. The minimum absolute atomic E-state index is 0.0596. The van der Waals surface area contributed by atoms with Crippen molar-refractivity contribution in [3.05, 3.63) is 118 Å². The number of amides is 1. The number of sulfonamides is 1. The van der Waals surface area contributed by atoms with E-state index in [-0.39, 0.29) is 11.4 Å². The maximum Gasteiger partial charge on any atom is 0.264 e. The van der Waals surface area contributed by atoms with Gasteiger partial charge in [-0.05, 0) is 97.6 Å². The molecule has 8 heteroatoms. The first-order valence-corrected chi connectivity index (χ1v) is 14.9. The molecule has 196 valence electrons. The van der Waals surface area contributed by atoms with Crippen LogP contribution in [0.2, 0.25) is 5.02 Å². The Morgan fingerprint density at radius 3 is 2.21 bits per heavy atom. The van der Waals surface area contributed by atoms with Gasteiger partial charge in [0.25, 0.3) is 10.0 Å². The molecule has 0 heterocycles. The van der Waals surface area contributed by atoms with Crippen molar-refractivity contribution in [2.75, 3.05) is 16.2 Å². The number of nitrogens with one attached hydrogen (secondary N) is 1. The Balaban J connectivity index is 1.54. The molecular weight excluding hydrogens is 536 g/mol. The second kappa shape index (κ2) is 12.1. The molecule has 0 fully saturated rings. The van der Waals surface area contributed by atoms with Crippen molar-refractivity contribution in [2.45, 2.75) is 36.3 Å². The van der Waals surface area contributed by atoms with Crippen molar-refractivity contribution in [3.8, 4) is 0 Å². The van der Waals surface area contributed by atoms with Gasteiger partial charge in [-0.1, -0.05) is 48.0 Å². The van der Waals surface area contributed by atoms with Crippen LogP contribution in [0.15, 0.2) is 101 Å². The lowest BCUT2D eigenvalue weighted by atomic mass is 10.1. The molecule has 4 aromatic rings. The quantitative estimate of drug-likeness (QED) is 0.215. The molecule has 0 spiro atoms. The van der Waals surface area contributed by atoms with Crippen LogP contribution in [0.1, 0.15) is 22.3 Å². The fourth-order valence-corrected chi connectivity index (χ4v) is 6.29. The van der Waals surface area contributed by atoms with E-state index in [1.165, 1.54) is 29.2 Å². The molecule has 0 aliphatic carbocycles. The molecule has 0 aromatic heterocycles. The monoisotopic (exact) mass is 564 g/mol. The van der Waals surface area contributed by atoms with Gasteiger partial charge < -0.3 is 5.32 Å². The van der Waals surface area contributed by atoms with Gasteiger partial charge in [0, 0.05) is 21.4 Å². The van der Waals surface area contributed by atoms with Gasteiger partial charge in [0.15, 0.2) is 0 Å². The van der Waals surface area contributed by atoms with Crippen LogP contribution in [0.3, 0.4) is 0 Å². The minimum atomic E-state index is -4.03. The number of rotatable bonds is 9. The summed E-state index contributed by atoms with van der Waals surface area (Å²) in [6.07, 6.45) is 0. The minimum Gasteiger partial charge on any atom is -0.324 e. The Labute approximate surface area is 233 Å². The Morgan fingerprint density at radius 1 is 0.842 bits per heavy atom. The molecule has 0 atom stereocenters. The molecule has 5 nitrogen and oxygen atoms in total. The summed E-state index contributed by atoms with van der Waals surface area (Å²) in [4.78, 5) is 14.4. The zero-order valence-corrected chi connectivity index (χ0v) is 23.8. The van der Waals surface area contributed by atoms with E-state index >= 15 is 0 Å². The Hall–Kier alpha value is -3.26. The van der Waals surface area contributed by atoms with E-state index in [0.717, 1.165) is 32.3 Å². The summed E-state index contributed by atoms with van der Waals surface area (Å²) < 4.78 is 28.4. The van der Waals surface area contributed by atoms with E-state index < -0.39 is 15.9 Å². The molecule has 1 amide bonds. The first-order valence-electron chi connectivity index (χ1n) is 12.1. The summed E-state index contributed by atoms with van der Waals surface area (Å²) >= 11 is 7.72. The summed E-state index contributed by atoms with van der Waals surface area (Å²) in [6.45, 7) is 5.41. The van der Waals surface area contributed by atoms with Crippen molar-refractivity contribution >= 4 is 50.7 Å². The van der Waals surface area contributed by atoms with Gasteiger partial charge in [0.1, 0.15) is 6.54 Å². The van der Waals surface area contributed by atoms with Crippen LogP contribution in [0, 0.1) is 20.8 Å². The van der Waals surface area contributed by atoms with Crippen LogP contribution in [0.25, 0.3) is 0 Å². The second-order valence-electron chi connectivity index (χ2n) is 9.03. The molecule has 0 saturated heterocycles. The number of hydrogen-bond acceptors (Lipinski definition) is 4. The third-order valence-electron chi connectivity index (χ3n) is 6.18. The number of benzene rings is 4. The zero-order valence-electron chi connectivity index (χ0n) is 21.4. The van der Waals surface area contributed by atoms with Crippen LogP contribution in [-0.4, -0.2) is 20.9 Å². The molecule has 38 heavy (non-hydrogen) atoms. The smallest absolute Gasteiger partial charge is 0.264 e. The summed E-state index contributed by atoms with van der Waals surface area (Å²) in [5, 5.41) is 3.33. The van der Waals surface area contributed by atoms with Crippen molar-refractivity contribution in [3.63, 3.8) is 0 Å². The molecule has 0 saturated carbocycles. The molecule has 0 aliphatic heterocycles. The van der Waals surface area contributed by atoms with Gasteiger partial charge in [-0.25, -0.2) is 8.42 Å². The molecule has 0 aliphatic rings. The molecule has 0 bridgehead atoms. The van der Waals surface area contributed by atoms with Crippen LogP contribution in [-0.2, 0) is 20.6 Å². The summed E-state index contributed by atoms with van der Waals surface area (Å²) in [5.41, 5.74) is 5.07. The second-order valence-corrected chi connectivity index (χ2v) is 12.4. The Morgan fingerprint density at radius 2 is 1.55 bits per heavy atom. The number of carbonyl (C=O) groups is 1. The topological polar surface area (TPSA) is 66.5 Å². The highest BCUT2D eigenvalue weighted by Crippen LogP contribution is 2.28. The average Bonchev–Trinajstić information content (AvgIpc) is 2.90. The van der Waals surface area contributed by atoms with Gasteiger partial charge in [0.2, 0.25) is 5.91 Å². The van der Waals surface area contributed by atoms with Crippen molar-refractivity contribution in [1.29, 1.82) is 0 Å². The molecule has 1 N–H and O–H groups in total. The highest BCUT2D eigenvalue weighted by Gasteiger charge is 2.27. The SMILES string of the molecule is Cc1ccc(N(CC(=O)Nc2ccc(CSc3ccccc3)cc2C)S(=O)(=O)c2ccc(Cl)cc2)cc1C. The maximum atomic E-state index is 13.6. The molecular formula is C30H29ClN2O3S2. The van der Waals surface area contributed by atoms with Crippen LogP contribution in [0.5, 0.6) is 0 Å². The van der Waals surface area contributed by atoms with Crippen molar-refractivity contribution in [2.24, 2.45) is 0 Å². The summed E-state index contributed by atoms with van der Waals surface area (Å²) in [6, 6.07) is 27.3. The predicted molar refractivity (Wildman–Crippen MR) is 158 cm³/mol. The first kappa shape index (κ1) is 27.8. The van der Waals surface area contributed by atoms with E-state index in [1.54, 1.807) is 23.9 Å². The highest BCUT2D eigenvalue weighted by molar-refractivity contribution is 7.98. The van der Waals surface area contributed by atoms with E-state index in [0.29, 0.717) is 16.4 Å². The van der Waals surface area contributed by atoms with Crippen molar-refractivity contribution in [1.82, 2.24) is 0 Å². The number of nitrogens with zero attached hydrogens (tertiary/aromatic N) is 1. The zero-order chi connectivity index (χ0) is 27.3. The number of anilines is 2. The Bertz CT molecular complexity index is 1540. The summed E-state index contributed by atoms with van der Waals surface area (Å²) in [7, 11) is -4.03. The van der Waals surface area contributed by atoms with Gasteiger partial charge in [-0.15, -0.1) is 11.8 Å². The van der Waals surface area contributed by atoms with Crippen LogP contribution >= 0.6 is 23.4 Å².